The number of rotatable bonds is 5. The van der Waals surface area contributed by atoms with Crippen molar-refractivity contribution in [2.45, 2.75) is 92.1 Å². The van der Waals surface area contributed by atoms with Crippen LogP contribution in [0.5, 0.6) is 0 Å². The Morgan fingerprint density at radius 3 is 2.62 bits per heavy atom. The van der Waals surface area contributed by atoms with E-state index in [-0.39, 0.29) is 28.9 Å². The smallest absolute Gasteiger partial charge is 0.305 e. The van der Waals surface area contributed by atoms with Crippen molar-refractivity contribution in [3.05, 3.63) is 23.3 Å². The molecule has 0 aromatic rings. The monoisotopic (exact) mass is 442 g/mol. The molecule has 8 atom stereocenters. The number of ether oxygens (including phenoxy) is 2. The molecule has 4 nitrogen and oxygen atoms in total. The molecule has 4 rings (SSSR count). The van der Waals surface area contributed by atoms with Crippen molar-refractivity contribution in [2.24, 2.45) is 40.4 Å². The second-order valence-corrected chi connectivity index (χ2v) is 11.7. The molecule has 2 fully saturated rings. The molecule has 178 valence electrons. The van der Waals surface area contributed by atoms with Gasteiger partial charge in [-0.2, -0.15) is 0 Å². The van der Waals surface area contributed by atoms with Gasteiger partial charge in [0.05, 0.1) is 7.11 Å². The van der Waals surface area contributed by atoms with Crippen molar-refractivity contribution in [3.8, 4) is 0 Å². The predicted molar refractivity (Wildman–Crippen MR) is 126 cm³/mol. The van der Waals surface area contributed by atoms with Gasteiger partial charge in [0.1, 0.15) is 6.10 Å². The van der Waals surface area contributed by atoms with Gasteiger partial charge in [0.25, 0.3) is 0 Å². The summed E-state index contributed by atoms with van der Waals surface area (Å²) in [5, 5.41) is 0. The topological polar surface area (TPSA) is 52.6 Å². The van der Waals surface area contributed by atoms with Gasteiger partial charge in [-0.05, 0) is 79.4 Å². The molecule has 0 aliphatic heterocycles. The molecule has 2 saturated carbocycles. The summed E-state index contributed by atoms with van der Waals surface area (Å²) < 4.78 is 10.9. The van der Waals surface area contributed by atoms with Crippen LogP contribution in [0, 0.1) is 40.4 Å². The van der Waals surface area contributed by atoms with E-state index in [1.54, 1.807) is 12.5 Å². The number of allylic oxidation sites excluding steroid dienone is 3. The van der Waals surface area contributed by atoms with Crippen LogP contribution in [0.1, 0.15) is 86.0 Å². The fraction of sp³-hybridized carbons (Fsp3) is 0.786. The molecule has 0 aromatic carbocycles. The molecule has 4 aliphatic rings. The molecule has 32 heavy (non-hydrogen) atoms. The van der Waals surface area contributed by atoms with Crippen LogP contribution in [0.2, 0.25) is 0 Å². The minimum Gasteiger partial charge on any atom is -0.469 e. The third kappa shape index (κ3) is 3.86. The highest BCUT2D eigenvalue weighted by Gasteiger charge is 2.59. The maximum Gasteiger partial charge on any atom is 0.305 e. The third-order valence-corrected chi connectivity index (χ3v) is 9.79. The average molecular weight is 443 g/mol. The molecule has 0 amide bonds. The van der Waals surface area contributed by atoms with E-state index in [0.717, 1.165) is 31.6 Å². The minimum atomic E-state index is -0.147. The summed E-state index contributed by atoms with van der Waals surface area (Å²) in [5.74, 6) is 2.23. The lowest BCUT2D eigenvalue weighted by atomic mass is 9.47. The first-order chi connectivity index (χ1) is 15.1. The van der Waals surface area contributed by atoms with E-state index < -0.39 is 0 Å². The highest BCUT2D eigenvalue weighted by atomic mass is 16.5. The van der Waals surface area contributed by atoms with Crippen LogP contribution in [-0.2, 0) is 19.1 Å². The van der Waals surface area contributed by atoms with E-state index in [1.807, 2.05) is 0 Å². The summed E-state index contributed by atoms with van der Waals surface area (Å²) in [4.78, 5) is 23.8. The number of hydrogen-bond donors (Lipinski definition) is 0. The number of fused-ring (bicyclic) bond motifs is 5. The van der Waals surface area contributed by atoms with Crippen molar-refractivity contribution in [3.63, 3.8) is 0 Å². The van der Waals surface area contributed by atoms with E-state index in [9.17, 15) is 9.59 Å². The Hall–Kier alpha value is -1.58. The van der Waals surface area contributed by atoms with Gasteiger partial charge in [-0.25, -0.2) is 0 Å². The Balaban J connectivity index is 1.64. The number of carbonyl (C=O) groups excluding carboxylic acids is 2. The van der Waals surface area contributed by atoms with Crippen molar-refractivity contribution < 1.29 is 19.1 Å². The first-order valence-corrected chi connectivity index (χ1v) is 12.7. The van der Waals surface area contributed by atoms with E-state index in [4.69, 9.17) is 9.47 Å². The first kappa shape index (κ1) is 23.6. The van der Waals surface area contributed by atoms with Gasteiger partial charge in [-0.1, -0.05) is 51.0 Å². The Morgan fingerprint density at radius 1 is 1.19 bits per heavy atom. The molecule has 0 heterocycles. The van der Waals surface area contributed by atoms with Gasteiger partial charge in [-0.3, -0.25) is 9.59 Å². The Morgan fingerprint density at radius 2 is 1.94 bits per heavy atom. The maximum atomic E-state index is 12.1. The van der Waals surface area contributed by atoms with Crippen LogP contribution < -0.4 is 0 Å². The van der Waals surface area contributed by atoms with Gasteiger partial charge in [0, 0.05) is 19.3 Å². The molecule has 0 saturated heterocycles. The minimum absolute atomic E-state index is 0.00937. The lowest BCUT2D eigenvalue weighted by Crippen LogP contribution is -2.53. The third-order valence-electron chi connectivity index (χ3n) is 9.79. The molecular formula is C28H42O4. The van der Waals surface area contributed by atoms with Crippen molar-refractivity contribution in [1.82, 2.24) is 0 Å². The molecule has 0 radical (unpaired) electrons. The zero-order chi connectivity index (χ0) is 23.3. The van der Waals surface area contributed by atoms with Crippen molar-refractivity contribution in [1.29, 1.82) is 0 Å². The van der Waals surface area contributed by atoms with Gasteiger partial charge < -0.3 is 9.47 Å². The molecule has 4 aliphatic carbocycles. The highest BCUT2D eigenvalue weighted by molar-refractivity contribution is 5.69. The van der Waals surface area contributed by atoms with Gasteiger partial charge in [-0.15, -0.1) is 0 Å². The zero-order valence-electron chi connectivity index (χ0n) is 20.9. The molecule has 0 aromatic heterocycles. The Bertz CT molecular complexity index is 825. The van der Waals surface area contributed by atoms with Crippen LogP contribution in [0.25, 0.3) is 0 Å². The summed E-state index contributed by atoms with van der Waals surface area (Å²) in [7, 11) is 1.46. The fourth-order valence-electron chi connectivity index (χ4n) is 7.99. The quantitative estimate of drug-likeness (QED) is 0.373. The average Bonchev–Trinajstić information content (AvgIpc) is 3.09. The lowest BCUT2D eigenvalue weighted by molar-refractivity contribution is -0.157. The van der Waals surface area contributed by atoms with Crippen molar-refractivity contribution >= 4 is 11.9 Å². The molecule has 0 spiro atoms. The summed E-state index contributed by atoms with van der Waals surface area (Å²) in [6.07, 6.45) is 13.2. The molecule has 0 bridgehead atoms. The van der Waals surface area contributed by atoms with Crippen LogP contribution in [0.15, 0.2) is 23.3 Å². The van der Waals surface area contributed by atoms with E-state index in [0.29, 0.717) is 30.1 Å². The van der Waals surface area contributed by atoms with Crippen LogP contribution in [0.3, 0.4) is 0 Å². The van der Waals surface area contributed by atoms with Gasteiger partial charge >= 0.3 is 11.9 Å². The predicted octanol–water partition coefficient (Wildman–Crippen LogP) is 6.25. The first-order valence-electron chi connectivity index (χ1n) is 12.7. The normalized spacial score (nSPS) is 41.4. The summed E-state index contributed by atoms with van der Waals surface area (Å²) in [5.41, 5.74) is 3.40. The second-order valence-electron chi connectivity index (χ2n) is 11.7. The van der Waals surface area contributed by atoms with E-state index >= 15 is 0 Å². The summed E-state index contributed by atoms with van der Waals surface area (Å²) in [6, 6.07) is 0. The zero-order valence-corrected chi connectivity index (χ0v) is 20.9. The van der Waals surface area contributed by atoms with Crippen molar-refractivity contribution in [2.75, 3.05) is 7.11 Å². The number of carbonyl (C=O) groups is 2. The Kier molecular flexibility index (Phi) is 6.37. The van der Waals surface area contributed by atoms with Crippen LogP contribution >= 0.6 is 0 Å². The summed E-state index contributed by atoms with van der Waals surface area (Å²) in [6.45, 7) is 11.1. The van der Waals surface area contributed by atoms with Crippen LogP contribution in [-0.4, -0.2) is 25.2 Å². The second kappa shape index (κ2) is 8.65. The SMILES string of the molecule is COC(=O)CC[C@@H](C)C1=CCC2C3C(=CC[C@]12C)[C@@]1(C)CC[C@@H](C)C[C@H]1C[C@H]3OC(C)=O. The van der Waals surface area contributed by atoms with Gasteiger partial charge in [0.2, 0.25) is 0 Å². The fourth-order valence-corrected chi connectivity index (χ4v) is 7.99. The number of hydrogen-bond acceptors (Lipinski definition) is 4. The lowest BCUT2D eigenvalue weighted by Gasteiger charge is -2.58. The molecule has 4 heteroatoms. The molecule has 0 N–H and O–H groups in total. The standard InChI is InChI=1S/C28H42O4/c1-17-11-13-27(4)20(15-17)16-24(32-19(3)29)26-22-9-8-21(18(2)7-10-25(30)31-6)28(22,5)14-12-23(26)27/h8,12,17-18,20,22,24,26H,7,9-11,13-16H2,1-6H3/t17-,18-,20+,22?,24-,26?,27+,28-/m1/s1. The molecular weight excluding hydrogens is 400 g/mol. The highest BCUT2D eigenvalue weighted by Crippen LogP contribution is 2.65. The summed E-state index contributed by atoms with van der Waals surface area (Å²) >= 11 is 0. The largest absolute Gasteiger partial charge is 0.469 e. The Labute approximate surface area is 194 Å². The number of esters is 2. The van der Waals surface area contributed by atoms with E-state index in [1.165, 1.54) is 31.9 Å². The molecule has 2 unspecified atom stereocenters. The number of methoxy groups -OCH3 is 1. The maximum absolute atomic E-state index is 12.1. The van der Waals surface area contributed by atoms with Crippen LogP contribution in [0.4, 0.5) is 0 Å². The van der Waals surface area contributed by atoms with Gasteiger partial charge in [0.15, 0.2) is 0 Å². The van der Waals surface area contributed by atoms with E-state index in [2.05, 4.69) is 39.8 Å².